The van der Waals surface area contributed by atoms with E-state index >= 15 is 0 Å². The first-order valence-electron chi connectivity index (χ1n) is 4.89. The molecule has 5 heteroatoms. The molecular weight excluding hydrogens is 276 g/mol. The van der Waals surface area contributed by atoms with Crippen LogP contribution < -0.4 is 5.32 Å². The predicted molar refractivity (Wildman–Crippen MR) is 65.6 cm³/mol. The van der Waals surface area contributed by atoms with Gasteiger partial charge in [0.05, 0.1) is 14.7 Å². The molecule has 0 aromatic carbocycles. The molecule has 1 unspecified atom stereocenters. The second kappa shape index (κ2) is 4.74. The zero-order chi connectivity index (χ0) is 10.8. The van der Waals surface area contributed by atoms with Crippen LogP contribution in [-0.4, -0.2) is 43.4 Å². The molecule has 2 rings (SSSR count). The Morgan fingerprint density at radius 3 is 3.07 bits per heavy atom. The van der Waals surface area contributed by atoms with Crippen LogP contribution in [0.3, 0.4) is 0 Å². The molecule has 1 atom stereocenters. The SMILES string of the molecule is CN1CCNCC1C(=O)c1ccc(Br)s1. The normalized spacial score (nSPS) is 22.9. The van der Waals surface area contributed by atoms with Crippen molar-refractivity contribution < 1.29 is 4.79 Å². The van der Waals surface area contributed by atoms with E-state index in [-0.39, 0.29) is 11.8 Å². The van der Waals surface area contributed by atoms with Crippen LogP contribution in [-0.2, 0) is 0 Å². The lowest BCUT2D eigenvalue weighted by Gasteiger charge is -2.31. The lowest BCUT2D eigenvalue weighted by atomic mass is 10.1. The van der Waals surface area contributed by atoms with E-state index in [0.29, 0.717) is 0 Å². The van der Waals surface area contributed by atoms with E-state index in [0.717, 1.165) is 28.3 Å². The van der Waals surface area contributed by atoms with E-state index in [1.54, 1.807) is 0 Å². The maximum absolute atomic E-state index is 12.1. The van der Waals surface area contributed by atoms with Crippen molar-refractivity contribution in [3.8, 4) is 0 Å². The van der Waals surface area contributed by atoms with Crippen molar-refractivity contribution in [3.05, 3.63) is 20.8 Å². The van der Waals surface area contributed by atoms with Crippen molar-refractivity contribution in [2.45, 2.75) is 6.04 Å². The maximum Gasteiger partial charge on any atom is 0.191 e. The summed E-state index contributed by atoms with van der Waals surface area (Å²) >= 11 is 4.88. The van der Waals surface area contributed by atoms with Crippen LogP contribution in [0.1, 0.15) is 9.67 Å². The monoisotopic (exact) mass is 288 g/mol. The van der Waals surface area contributed by atoms with E-state index in [2.05, 4.69) is 26.1 Å². The zero-order valence-corrected chi connectivity index (χ0v) is 10.9. The molecule has 3 nitrogen and oxygen atoms in total. The summed E-state index contributed by atoms with van der Waals surface area (Å²) < 4.78 is 1.01. The van der Waals surface area contributed by atoms with Gasteiger partial charge in [-0.05, 0) is 35.1 Å². The van der Waals surface area contributed by atoms with Gasteiger partial charge in [0.15, 0.2) is 5.78 Å². The molecule has 0 bridgehead atoms. The number of hydrogen-bond acceptors (Lipinski definition) is 4. The Morgan fingerprint density at radius 1 is 1.67 bits per heavy atom. The van der Waals surface area contributed by atoms with Crippen LogP contribution in [0.5, 0.6) is 0 Å². The minimum Gasteiger partial charge on any atom is -0.313 e. The first-order valence-corrected chi connectivity index (χ1v) is 6.50. The highest BCUT2D eigenvalue weighted by Gasteiger charge is 2.27. The van der Waals surface area contributed by atoms with E-state index in [9.17, 15) is 4.79 Å². The van der Waals surface area contributed by atoms with Crippen molar-refractivity contribution in [1.29, 1.82) is 0 Å². The molecule has 0 radical (unpaired) electrons. The van der Waals surface area contributed by atoms with E-state index in [1.165, 1.54) is 11.3 Å². The quantitative estimate of drug-likeness (QED) is 0.839. The van der Waals surface area contributed by atoms with Crippen LogP contribution >= 0.6 is 27.3 Å². The summed E-state index contributed by atoms with van der Waals surface area (Å²) in [5, 5.41) is 3.25. The van der Waals surface area contributed by atoms with Crippen LogP contribution in [0.2, 0.25) is 0 Å². The molecule has 0 aliphatic carbocycles. The number of halogens is 1. The number of carbonyl (C=O) groups is 1. The van der Waals surface area contributed by atoms with Crippen LogP contribution in [0.15, 0.2) is 15.9 Å². The Labute approximate surface area is 102 Å². The van der Waals surface area contributed by atoms with Crippen LogP contribution in [0, 0.1) is 0 Å². The predicted octanol–water partition coefficient (Wildman–Crippen LogP) is 1.60. The van der Waals surface area contributed by atoms with E-state index in [1.807, 2.05) is 19.2 Å². The number of nitrogens with zero attached hydrogens (tertiary/aromatic N) is 1. The smallest absolute Gasteiger partial charge is 0.191 e. The van der Waals surface area contributed by atoms with Gasteiger partial charge in [0.25, 0.3) is 0 Å². The number of ketones is 1. The molecule has 0 amide bonds. The Kier molecular flexibility index (Phi) is 3.56. The number of piperazine rings is 1. The minimum absolute atomic E-state index is 0.00991. The Hall–Kier alpha value is -0.230. The van der Waals surface area contributed by atoms with E-state index in [4.69, 9.17) is 0 Å². The number of Topliss-reactive ketones (excluding diaryl/α,β-unsaturated/α-hetero) is 1. The fourth-order valence-electron chi connectivity index (χ4n) is 1.71. The molecule has 1 N–H and O–H groups in total. The average Bonchev–Trinajstić information content (AvgIpc) is 2.65. The molecule has 0 spiro atoms. The summed E-state index contributed by atoms with van der Waals surface area (Å²) in [6.45, 7) is 2.65. The highest BCUT2D eigenvalue weighted by atomic mass is 79.9. The lowest BCUT2D eigenvalue weighted by molar-refractivity contribution is 0.0823. The summed E-state index contributed by atoms with van der Waals surface area (Å²) in [6.07, 6.45) is 0. The van der Waals surface area contributed by atoms with Gasteiger partial charge in [-0.1, -0.05) is 0 Å². The van der Waals surface area contributed by atoms with Gasteiger partial charge in [-0.2, -0.15) is 0 Å². The molecule has 1 saturated heterocycles. The van der Waals surface area contributed by atoms with E-state index < -0.39 is 0 Å². The average molecular weight is 289 g/mol. The number of likely N-dealkylation sites (N-methyl/N-ethyl adjacent to an activating group) is 1. The molecule has 1 aliphatic rings. The third kappa shape index (κ3) is 2.47. The highest BCUT2D eigenvalue weighted by molar-refractivity contribution is 9.11. The topological polar surface area (TPSA) is 32.3 Å². The van der Waals surface area contributed by atoms with Crippen molar-refractivity contribution >= 4 is 33.0 Å². The molecule has 1 fully saturated rings. The molecule has 1 aliphatic heterocycles. The summed E-state index contributed by atoms with van der Waals surface area (Å²) in [7, 11) is 2.01. The van der Waals surface area contributed by atoms with Gasteiger partial charge in [-0.25, -0.2) is 0 Å². The Balaban J connectivity index is 2.13. The Morgan fingerprint density at radius 2 is 2.47 bits per heavy atom. The highest BCUT2D eigenvalue weighted by Crippen LogP contribution is 2.24. The first-order chi connectivity index (χ1) is 7.18. The van der Waals surface area contributed by atoms with Gasteiger partial charge in [0.2, 0.25) is 0 Å². The largest absolute Gasteiger partial charge is 0.313 e. The summed E-state index contributed by atoms with van der Waals surface area (Å²) in [4.78, 5) is 15.1. The fourth-order valence-corrected chi connectivity index (χ4v) is 3.08. The number of nitrogens with one attached hydrogen (secondary N) is 1. The Bertz CT molecular complexity index is 366. The second-order valence-electron chi connectivity index (χ2n) is 3.67. The third-order valence-corrected chi connectivity index (χ3v) is 4.27. The molecule has 82 valence electrons. The van der Waals surface area contributed by atoms with Gasteiger partial charge in [-0.15, -0.1) is 11.3 Å². The number of hydrogen-bond donors (Lipinski definition) is 1. The van der Waals surface area contributed by atoms with Gasteiger partial charge < -0.3 is 5.32 Å². The van der Waals surface area contributed by atoms with Gasteiger partial charge in [-0.3, -0.25) is 9.69 Å². The third-order valence-electron chi connectivity index (χ3n) is 2.63. The number of rotatable bonds is 2. The van der Waals surface area contributed by atoms with Crippen molar-refractivity contribution in [2.24, 2.45) is 0 Å². The summed E-state index contributed by atoms with van der Waals surface area (Å²) in [5.41, 5.74) is 0. The summed E-state index contributed by atoms with van der Waals surface area (Å²) in [6, 6.07) is 3.80. The summed E-state index contributed by atoms with van der Waals surface area (Å²) in [5.74, 6) is 0.223. The van der Waals surface area contributed by atoms with Crippen LogP contribution in [0.4, 0.5) is 0 Å². The maximum atomic E-state index is 12.1. The zero-order valence-electron chi connectivity index (χ0n) is 8.50. The lowest BCUT2D eigenvalue weighted by Crippen LogP contribution is -2.52. The van der Waals surface area contributed by atoms with Crippen LogP contribution in [0.25, 0.3) is 0 Å². The minimum atomic E-state index is -0.00991. The number of carbonyl (C=O) groups excluding carboxylic acids is 1. The van der Waals surface area contributed by atoms with Gasteiger partial charge >= 0.3 is 0 Å². The van der Waals surface area contributed by atoms with Gasteiger partial charge in [0, 0.05) is 19.6 Å². The first kappa shape index (κ1) is 11.3. The fraction of sp³-hybridized carbons (Fsp3) is 0.500. The van der Waals surface area contributed by atoms with Crippen molar-refractivity contribution in [3.63, 3.8) is 0 Å². The number of thiophene rings is 1. The van der Waals surface area contributed by atoms with Gasteiger partial charge in [0.1, 0.15) is 0 Å². The van der Waals surface area contributed by atoms with Crippen molar-refractivity contribution in [1.82, 2.24) is 10.2 Å². The molecule has 2 heterocycles. The molecule has 15 heavy (non-hydrogen) atoms. The molecule has 1 aromatic rings. The molecule has 1 aromatic heterocycles. The second-order valence-corrected chi connectivity index (χ2v) is 6.13. The molecule has 0 saturated carbocycles. The van der Waals surface area contributed by atoms with Crippen molar-refractivity contribution in [2.75, 3.05) is 26.7 Å². The standard InChI is InChI=1S/C10H13BrN2OS/c1-13-5-4-12-6-7(13)10(14)8-2-3-9(11)15-8/h2-3,7,12H,4-6H2,1H3. The molecular formula is C10H13BrN2OS.